The van der Waals surface area contributed by atoms with Crippen LogP contribution in [0.2, 0.25) is 0 Å². The van der Waals surface area contributed by atoms with Gasteiger partial charge in [0.05, 0.1) is 11.6 Å². The van der Waals surface area contributed by atoms with E-state index in [0.29, 0.717) is 0 Å². The molecule has 0 spiro atoms. The number of aliphatic hydroxyl groups excluding tert-OH is 1. The predicted molar refractivity (Wildman–Crippen MR) is 64.4 cm³/mol. The van der Waals surface area contributed by atoms with Crippen molar-refractivity contribution in [1.82, 2.24) is 19.9 Å². The number of nitrogens with zero attached hydrogens (tertiary/aromatic N) is 4. The summed E-state index contributed by atoms with van der Waals surface area (Å²) >= 11 is 0. The average molecular weight is 232 g/mol. The summed E-state index contributed by atoms with van der Waals surface area (Å²) in [6, 6.07) is 6.24. The topological polar surface area (TPSA) is 54.2 Å². The highest BCUT2D eigenvalue weighted by Gasteiger charge is 2.20. The highest BCUT2D eigenvalue weighted by Crippen LogP contribution is 2.17. The van der Waals surface area contributed by atoms with E-state index in [2.05, 4.69) is 33.4 Å². The van der Waals surface area contributed by atoms with Crippen LogP contribution >= 0.6 is 0 Å². The maximum Gasteiger partial charge on any atom is 0.113 e. The maximum absolute atomic E-state index is 9.49. The minimum atomic E-state index is -0.157. The molecule has 2 aromatic rings. The molecule has 0 bridgehead atoms. The van der Waals surface area contributed by atoms with Crippen molar-refractivity contribution >= 4 is 11.0 Å². The van der Waals surface area contributed by atoms with E-state index >= 15 is 0 Å². The summed E-state index contributed by atoms with van der Waals surface area (Å²) in [7, 11) is 1.89. The fraction of sp³-hybridized carbons (Fsp3) is 0.500. The summed E-state index contributed by atoms with van der Waals surface area (Å²) in [6.45, 7) is 2.63. The van der Waals surface area contributed by atoms with Crippen LogP contribution in [-0.4, -0.2) is 44.2 Å². The summed E-state index contributed by atoms with van der Waals surface area (Å²) in [5, 5.41) is 17.6. The van der Waals surface area contributed by atoms with Gasteiger partial charge in [0.25, 0.3) is 0 Å². The Labute approximate surface area is 99.6 Å². The number of benzene rings is 1. The molecule has 1 aromatic carbocycles. The molecular formula is C12H16N4O. The van der Waals surface area contributed by atoms with Crippen molar-refractivity contribution in [2.75, 3.05) is 13.1 Å². The Hall–Kier alpha value is -1.46. The first-order valence-electron chi connectivity index (χ1n) is 5.91. The normalized spacial score (nSPS) is 21.4. The van der Waals surface area contributed by atoms with Gasteiger partial charge in [-0.3, -0.25) is 4.90 Å². The molecule has 0 saturated carbocycles. The van der Waals surface area contributed by atoms with Gasteiger partial charge >= 0.3 is 0 Å². The van der Waals surface area contributed by atoms with E-state index in [1.54, 1.807) is 4.68 Å². The van der Waals surface area contributed by atoms with E-state index in [4.69, 9.17) is 0 Å². The predicted octanol–water partition coefficient (Wildman–Crippen LogP) is 0.535. The smallest absolute Gasteiger partial charge is 0.113 e. The lowest BCUT2D eigenvalue weighted by atomic mass is 10.2. The van der Waals surface area contributed by atoms with Gasteiger partial charge in [0.15, 0.2) is 0 Å². The summed E-state index contributed by atoms with van der Waals surface area (Å²) in [6.07, 6.45) is 0.725. The van der Waals surface area contributed by atoms with Crippen LogP contribution in [0, 0.1) is 0 Å². The fourth-order valence-corrected chi connectivity index (χ4v) is 2.40. The van der Waals surface area contributed by atoms with Crippen molar-refractivity contribution in [2.45, 2.75) is 19.1 Å². The number of rotatable bonds is 2. The minimum Gasteiger partial charge on any atom is -0.392 e. The molecule has 90 valence electrons. The van der Waals surface area contributed by atoms with Gasteiger partial charge in [-0.2, -0.15) is 0 Å². The maximum atomic E-state index is 9.49. The summed E-state index contributed by atoms with van der Waals surface area (Å²) in [5.74, 6) is 0. The molecule has 5 heteroatoms. The lowest BCUT2D eigenvalue weighted by Crippen LogP contribution is -2.21. The monoisotopic (exact) mass is 232 g/mol. The number of aryl methyl sites for hydroxylation is 1. The van der Waals surface area contributed by atoms with Crippen LogP contribution in [0.3, 0.4) is 0 Å². The molecule has 1 saturated heterocycles. The Kier molecular flexibility index (Phi) is 2.57. The third-order valence-corrected chi connectivity index (χ3v) is 3.33. The van der Waals surface area contributed by atoms with E-state index in [1.165, 1.54) is 5.56 Å². The molecule has 0 amide bonds. The van der Waals surface area contributed by atoms with Crippen molar-refractivity contribution < 1.29 is 5.11 Å². The molecule has 0 radical (unpaired) electrons. The highest BCUT2D eigenvalue weighted by molar-refractivity contribution is 5.74. The van der Waals surface area contributed by atoms with Crippen LogP contribution in [0.1, 0.15) is 12.0 Å². The molecule has 1 N–H and O–H groups in total. The lowest BCUT2D eigenvalue weighted by Gasteiger charge is -2.14. The van der Waals surface area contributed by atoms with E-state index in [-0.39, 0.29) is 6.10 Å². The molecule has 1 fully saturated rings. The quantitative estimate of drug-likeness (QED) is 0.821. The molecule has 1 atom stereocenters. The minimum absolute atomic E-state index is 0.157. The lowest BCUT2D eigenvalue weighted by molar-refractivity contribution is 0.175. The first-order chi connectivity index (χ1) is 8.22. The molecular weight excluding hydrogens is 216 g/mol. The SMILES string of the molecule is Cn1nnc2cc(CN3CC[C@@H](O)C3)ccc21. The van der Waals surface area contributed by atoms with Gasteiger partial charge < -0.3 is 5.11 Å². The number of likely N-dealkylation sites (tertiary alicyclic amines) is 1. The Morgan fingerprint density at radius 2 is 2.35 bits per heavy atom. The standard InChI is InChI=1S/C12H16N4O/c1-15-12-3-2-9(6-11(12)13-14-15)7-16-5-4-10(17)8-16/h2-3,6,10,17H,4-5,7-8H2,1H3/t10-/m1/s1. The van der Waals surface area contributed by atoms with Gasteiger partial charge in [-0.05, 0) is 24.1 Å². The first-order valence-corrected chi connectivity index (χ1v) is 5.91. The average Bonchev–Trinajstić information content (AvgIpc) is 2.87. The van der Waals surface area contributed by atoms with Gasteiger partial charge in [0.1, 0.15) is 5.52 Å². The first kappa shape index (κ1) is 10.7. The number of β-amino-alcohol motifs (C(OH)–C–C–N with tert-alkyl or cyclic N) is 1. The molecule has 3 rings (SSSR count). The van der Waals surface area contributed by atoms with Crippen LogP contribution in [0.5, 0.6) is 0 Å². The number of hydrogen-bond donors (Lipinski definition) is 1. The number of aliphatic hydroxyl groups is 1. The van der Waals surface area contributed by atoms with E-state index < -0.39 is 0 Å². The van der Waals surface area contributed by atoms with Gasteiger partial charge in [-0.25, -0.2) is 4.68 Å². The van der Waals surface area contributed by atoms with Gasteiger partial charge in [0.2, 0.25) is 0 Å². The summed E-state index contributed by atoms with van der Waals surface area (Å²) in [5.41, 5.74) is 3.21. The van der Waals surface area contributed by atoms with Gasteiger partial charge in [0, 0.05) is 26.7 Å². The largest absolute Gasteiger partial charge is 0.392 e. The Bertz CT molecular complexity index is 536. The molecule has 1 aromatic heterocycles. The molecule has 5 nitrogen and oxygen atoms in total. The number of aromatic nitrogens is 3. The van der Waals surface area contributed by atoms with Crippen LogP contribution in [0.4, 0.5) is 0 Å². The second kappa shape index (κ2) is 4.09. The van der Waals surface area contributed by atoms with Crippen molar-refractivity contribution in [3.63, 3.8) is 0 Å². The van der Waals surface area contributed by atoms with Crippen LogP contribution in [0.25, 0.3) is 11.0 Å². The zero-order valence-corrected chi connectivity index (χ0v) is 9.87. The third-order valence-electron chi connectivity index (χ3n) is 3.33. The van der Waals surface area contributed by atoms with Crippen LogP contribution in [-0.2, 0) is 13.6 Å². The summed E-state index contributed by atoms with van der Waals surface area (Å²) < 4.78 is 1.78. The van der Waals surface area contributed by atoms with E-state index in [0.717, 1.165) is 37.1 Å². The molecule has 1 aliphatic rings. The number of fused-ring (bicyclic) bond motifs is 1. The van der Waals surface area contributed by atoms with E-state index in [9.17, 15) is 5.11 Å². The van der Waals surface area contributed by atoms with Crippen molar-refractivity contribution in [1.29, 1.82) is 0 Å². The molecule has 1 aliphatic heterocycles. The van der Waals surface area contributed by atoms with Gasteiger partial charge in [-0.15, -0.1) is 5.10 Å². The Morgan fingerprint density at radius 3 is 3.12 bits per heavy atom. The van der Waals surface area contributed by atoms with Crippen LogP contribution in [0.15, 0.2) is 18.2 Å². The summed E-state index contributed by atoms with van der Waals surface area (Å²) in [4.78, 5) is 2.27. The third kappa shape index (κ3) is 2.03. The van der Waals surface area contributed by atoms with Crippen LogP contribution < -0.4 is 0 Å². The molecule has 2 heterocycles. The van der Waals surface area contributed by atoms with Gasteiger partial charge in [-0.1, -0.05) is 11.3 Å². The Balaban J connectivity index is 1.81. The number of hydrogen-bond acceptors (Lipinski definition) is 4. The molecule has 0 unspecified atom stereocenters. The molecule has 17 heavy (non-hydrogen) atoms. The van der Waals surface area contributed by atoms with E-state index in [1.807, 2.05) is 7.05 Å². The highest BCUT2D eigenvalue weighted by atomic mass is 16.3. The second-order valence-corrected chi connectivity index (χ2v) is 4.71. The second-order valence-electron chi connectivity index (χ2n) is 4.71. The van der Waals surface area contributed by atoms with Crippen molar-refractivity contribution in [2.24, 2.45) is 7.05 Å². The zero-order chi connectivity index (χ0) is 11.8. The molecule has 0 aliphatic carbocycles. The fourth-order valence-electron chi connectivity index (χ4n) is 2.40. The Morgan fingerprint density at radius 1 is 1.47 bits per heavy atom. The van der Waals surface area contributed by atoms with Crippen molar-refractivity contribution in [3.05, 3.63) is 23.8 Å². The van der Waals surface area contributed by atoms with Crippen molar-refractivity contribution in [3.8, 4) is 0 Å². The zero-order valence-electron chi connectivity index (χ0n) is 9.87.